The molecule has 4 aliphatic rings. The first-order valence-corrected chi connectivity index (χ1v) is 10.6. The van der Waals surface area contributed by atoms with Gasteiger partial charge in [-0.3, -0.25) is 4.79 Å². The van der Waals surface area contributed by atoms with Crippen LogP contribution in [0.2, 0.25) is 0 Å². The zero-order valence-corrected chi connectivity index (χ0v) is 16.8. The molecule has 158 valence electrons. The van der Waals surface area contributed by atoms with Crippen molar-refractivity contribution >= 4 is 23.2 Å². The molecule has 31 heavy (non-hydrogen) atoms. The van der Waals surface area contributed by atoms with Crippen LogP contribution in [0, 0.1) is 28.9 Å². The summed E-state index contributed by atoms with van der Waals surface area (Å²) in [4.78, 5) is 15.1. The highest BCUT2D eigenvalue weighted by atomic mass is 19.1. The quantitative estimate of drug-likeness (QED) is 0.638. The van der Waals surface area contributed by atoms with Crippen molar-refractivity contribution in [1.82, 2.24) is 20.0 Å². The van der Waals surface area contributed by atoms with Gasteiger partial charge in [-0.2, -0.15) is 20.1 Å². The van der Waals surface area contributed by atoms with Gasteiger partial charge in [-0.15, -0.1) is 0 Å². The minimum Gasteiger partial charge on any atom is -0.273 e. The minimum atomic E-state index is -0.643. The molecule has 3 aromatic rings. The Morgan fingerprint density at radius 1 is 1.03 bits per heavy atom. The van der Waals surface area contributed by atoms with E-state index < -0.39 is 17.7 Å². The summed E-state index contributed by atoms with van der Waals surface area (Å²) < 4.78 is 27.4. The van der Waals surface area contributed by atoms with Crippen LogP contribution in [0.3, 0.4) is 0 Å². The van der Waals surface area contributed by atoms with Crippen molar-refractivity contribution in [2.24, 2.45) is 22.4 Å². The first-order valence-electron chi connectivity index (χ1n) is 10.6. The van der Waals surface area contributed by atoms with E-state index in [1.165, 1.54) is 17.1 Å². The van der Waals surface area contributed by atoms with Crippen LogP contribution in [-0.2, 0) is 11.3 Å². The SMILES string of the molecule is O=C([C@H]1CC2(Cn3nc4ccccc4n3)CC1C2)N1N=CCC1c1cc(F)cc(F)c1. The number of hydrogen-bond acceptors (Lipinski definition) is 4. The van der Waals surface area contributed by atoms with E-state index in [1.54, 1.807) is 11.0 Å². The molecule has 0 spiro atoms. The molecule has 1 aliphatic heterocycles. The summed E-state index contributed by atoms with van der Waals surface area (Å²) in [6.45, 7) is 0.698. The molecule has 2 atom stereocenters. The van der Waals surface area contributed by atoms with Gasteiger partial charge in [0.15, 0.2) is 0 Å². The third-order valence-electron chi connectivity index (χ3n) is 7.06. The smallest absolute Gasteiger partial charge is 0.246 e. The Balaban J connectivity index is 1.19. The van der Waals surface area contributed by atoms with Gasteiger partial charge in [-0.1, -0.05) is 12.1 Å². The van der Waals surface area contributed by atoms with Crippen molar-refractivity contribution in [3.05, 3.63) is 59.7 Å². The first kappa shape index (κ1) is 18.6. The summed E-state index contributed by atoms with van der Waals surface area (Å²) in [6, 6.07) is 10.7. The molecule has 2 bridgehead atoms. The Labute approximate surface area is 177 Å². The van der Waals surface area contributed by atoms with E-state index >= 15 is 0 Å². The van der Waals surface area contributed by atoms with Gasteiger partial charge in [-0.05, 0) is 60.4 Å². The van der Waals surface area contributed by atoms with E-state index in [9.17, 15) is 13.6 Å². The number of halogens is 2. The van der Waals surface area contributed by atoms with Crippen LogP contribution in [0.5, 0.6) is 0 Å². The zero-order chi connectivity index (χ0) is 21.2. The van der Waals surface area contributed by atoms with Crippen molar-refractivity contribution in [3.8, 4) is 0 Å². The summed E-state index contributed by atoms with van der Waals surface area (Å²) in [5, 5.41) is 14.9. The van der Waals surface area contributed by atoms with Crippen molar-refractivity contribution in [1.29, 1.82) is 0 Å². The molecule has 7 rings (SSSR count). The lowest BCUT2D eigenvalue weighted by Crippen LogP contribution is -2.36. The minimum absolute atomic E-state index is 0.0317. The Morgan fingerprint density at radius 3 is 2.39 bits per heavy atom. The molecular weight excluding hydrogens is 400 g/mol. The summed E-state index contributed by atoms with van der Waals surface area (Å²) in [7, 11) is 0. The van der Waals surface area contributed by atoms with E-state index in [2.05, 4.69) is 15.3 Å². The number of carbonyl (C=O) groups is 1. The van der Waals surface area contributed by atoms with Crippen LogP contribution < -0.4 is 0 Å². The number of nitrogens with zero attached hydrogens (tertiary/aromatic N) is 5. The molecule has 3 fully saturated rings. The summed E-state index contributed by atoms with van der Waals surface area (Å²) in [5.74, 6) is -1.14. The van der Waals surface area contributed by atoms with Crippen LogP contribution in [0.15, 0.2) is 47.6 Å². The van der Waals surface area contributed by atoms with Crippen LogP contribution in [0.4, 0.5) is 8.78 Å². The molecule has 0 N–H and O–H groups in total. The number of aromatic nitrogens is 3. The molecule has 3 saturated carbocycles. The first-order chi connectivity index (χ1) is 15.0. The van der Waals surface area contributed by atoms with E-state index in [1.807, 2.05) is 24.3 Å². The van der Waals surface area contributed by atoms with Gasteiger partial charge in [0.1, 0.15) is 22.7 Å². The van der Waals surface area contributed by atoms with Gasteiger partial charge in [0.05, 0.1) is 12.6 Å². The number of carbonyl (C=O) groups excluding carboxylic acids is 1. The molecule has 8 heteroatoms. The summed E-state index contributed by atoms with van der Waals surface area (Å²) >= 11 is 0. The zero-order valence-electron chi connectivity index (χ0n) is 16.8. The molecule has 1 aromatic heterocycles. The Morgan fingerprint density at radius 2 is 1.71 bits per heavy atom. The van der Waals surface area contributed by atoms with Crippen LogP contribution in [0.25, 0.3) is 11.0 Å². The van der Waals surface area contributed by atoms with E-state index in [0.29, 0.717) is 24.4 Å². The average Bonchev–Trinajstić information content (AvgIpc) is 3.47. The second-order valence-corrected chi connectivity index (χ2v) is 9.13. The lowest BCUT2D eigenvalue weighted by Gasteiger charge is -2.38. The number of hydrogen-bond donors (Lipinski definition) is 0. The molecular formula is C23H21F2N5O. The fraction of sp³-hybridized carbons (Fsp3) is 0.391. The normalized spacial score (nSPS) is 29.0. The van der Waals surface area contributed by atoms with Crippen LogP contribution in [0.1, 0.15) is 37.3 Å². The fourth-order valence-electron chi connectivity index (χ4n) is 5.74. The maximum Gasteiger partial charge on any atom is 0.246 e. The third kappa shape index (κ3) is 3.04. The van der Waals surface area contributed by atoms with Gasteiger partial charge < -0.3 is 0 Å². The van der Waals surface area contributed by atoms with Crippen LogP contribution >= 0.6 is 0 Å². The maximum atomic E-state index is 13.7. The molecule has 0 saturated heterocycles. The lowest BCUT2D eigenvalue weighted by atomic mass is 9.69. The average molecular weight is 421 g/mol. The molecule has 1 unspecified atom stereocenters. The number of fused-ring (bicyclic) bond motifs is 2. The molecule has 3 aliphatic carbocycles. The number of amides is 1. The van der Waals surface area contributed by atoms with Crippen molar-refractivity contribution in [2.75, 3.05) is 0 Å². The Bertz CT molecular complexity index is 1160. The molecule has 2 heterocycles. The maximum absolute atomic E-state index is 13.7. The summed E-state index contributed by atoms with van der Waals surface area (Å²) in [5.41, 5.74) is 2.22. The number of hydrazone groups is 1. The predicted molar refractivity (Wildman–Crippen MR) is 110 cm³/mol. The number of rotatable bonds is 4. The Hall–Kier alpha value is -3.16. The standard InChI is InChI=1S/C23H21F2N5O/c24-16-7-14(8-17(25)9-16)21-5-6-26-30(21)22(31)18-12-23(10-15(18)11-23)13-29-27-19-3-1-2-4-20(19)28-29/h1-4,6-9,15,18,21H,5,10-13H2/t15?,18-,21?,23?/m0/s1. The monoisotopic (exact) mass is 421 g/mol. The Kier molecular flexibility index (Phi) is 4.00. The van der Waals surface area contributed by atoms with Crippen molar-refractivity contribution in [3.63, 3.8) is 0 Å². The van der Waals surface area contributed by atoms with Gasteiger partial charge >= 0.3 is 0 Å². The van der Waals surface area contributed by atoms with Crippen molar-refractivity contribution < 1.29 is 13.6 Å². The van der Waals surface area contributed by atoms with E-state index in [4.69, 9.17) is 0 Å². The predicted octanol–water partition coefficient (Wildman–Crippen LogP) is 4.09. The van der Waals surface area contributed by atoms with Crippen LogP contribution in [-0.4, -0.2) is 32.1 Å². The van der Waals surface area contributed by atoms with Gasteiger partial charge in [0, 0.05) is 24.6 Å². The largest absolute Gasteiger partial charge is 0.273 e. The topological polar surface area (TPSA) is 63.4 Å². The highest BCUT2D eigenvalue weighted by molar-refractivity contribution is 5.83. The van der Waals surface area contributed by atoms with E-state index in [-0.39, 0.29) is 17.2 Å². The molecule has 0 radical (unpaired) electrons. The van der Waals surface area contributed by atoms with Gasteiger partial charge in [0.25, 0.3) is 0 Å². The second kappa shape index (κ2) is 6.67. The second-order valence-electron chi connectivity index (χ2n) is 9.13. The summed E-state index contributed by atoms with van der Waals surface area (Å²) in [6.07, 6.45) is 4.82. The highest BCUT2D eigenvalue weighted by Crippen LogP contribution is 2.63. The third-order valence-corrected chi connectivity index (χ3v) is 7.06. The van der Waals surface area contributed by atoms with Gasteiger partial charge in [0.2, 0.25) is 5.91 Å². The lowest BCUT2D eigenvalue weighted by molar-refractivity contribution is -0.138. The molecule has 2 aromatic carbocycles. The molecule has 6 nitrogen and oxygen atoms in total. The fourth-order valence-corrected chi connectivity index (χ4v) is 5.74. The van der Waals surface area contributed by atoms with Gasteiger partial charge in [-0.25, -0.2) is 13.8 Å². The highest BCUT2D eigenvalue weighted by Gasteiger charge is 2.59. The number of benzene rings is 2. The van der Waals surface area contributed by atoms with Crippen molar-refractivity contribution in [2.45, 2.75) is 38.3 Å². The van der Waals surface area contributed by atoms with E-state index in [0.717, 1.165) is 36.4 Å². The molecule has 1 amide bonds.